The van der Waals surface area contributed by atoms with E-state index in [2.05, 4.69) is 51.3 Å². The summed E-state index contributed by atoms with van der Waals surface area (Å²) in [5.74, 6) is 4.84. The monoisotopic (exact) mass is 828 g/mol. The Balaban J connectivity index is 1.40. The lowest BCUT2D eigenvalue weighted by Crippen LogP contribution is -2.51. The van der Waals surface area contributed by atoms with Crippen LogP contribution in [0.2, 0.25) is 0 Å². The number of amides is 3. The van der Waals surface area contributed by atoms with Gasteiger partial charge in [0.15, 0.2) is 0 Å². The van der Waals surface area contributed by atoms with Gasteiger partial charge in [0.25, 0.3) is 0 Å². The van der Waals surface area contributed by atoms with Gasteiger partial charge in [0.05, 0.1) is 0 Å². The molecule has 0 spiro atoms. The summed E-state index contributed by atoms with van der Waals surface area (Å²) in [5.41, 5.74) is -0.161. The van der Waals surface area contributed by atoms with E-state index >= 15 is 0 Å². The summed E-state index contributed by atoms with van der Waals surface area (Å²) in [6, 6.07) is 0. The number of nitrogens with zero attached hydrogens (tertiary/aromatic N) is 1. The van der Waals surface area contributed by atoms with E-state index in [1.165, 1.54) is 63.4 Å². The summed E-state index contributed by atoms with van der Waals surface area (Å²) in [6.07, 6.45) is 18.0. The van der Waals surface area contributed by atoms with E-state index < -0.39 is 34.5 Å². The maximum absolute atomic E-state index is 14.1. The number of ether oxygens (including phenoxy) is 3. The smallest absolute Gasteiger partial charge is 0.410 e. The Hall–Kier alpha value is -2.45. The van der Waals surface area contributed by atoms with Crippen LogP contribution >= 0.6 is 0 Å². The average Bonchev–Trinajstić information content (AvgIpc) is 3.41. The molecule has 3 amide bonds. The molecule has 9 nitrogen and oxygen atoms in total. The van der Waals surface area contributed by atoms with Crippen LogP contribution in [0.4, 0.5) is 14.4 Å². The Labute approximate surface area is 361 Å². The first kappa shape index (κ1) is 49.2. The number of carbonyl (C=O) groups excluding carboxylic acids is 3. The van der Waals surface area contributed by atoms with Gasteiger partial charge in [-0.15, -0.1) is 0 Å². The minimum Gasteiger partial charge on any atom is -0.446 e. The van der Waals surface area contributed by atoms with Crippen LogP contribution < -0.4 is 10.6 Å². The minimum atomic E-state index is -0.615. The van der Waals surface area contributed by atoms with E-state index in [0.29, 0.717) is 37.8 Å². The molecule has 0 heterocycles. The summed E-state index contributed by atoms with van der Waals surface area (Å²) in [5, 5.41) is 5.99. The predicted molar refractivity (Wildman–Crippen MR) is 240 cm³/mol. The number of fused-ring (bicyclic) bond motifs is 5. The van der Waals surface area contributed by atoms with Crippen molar-refractivity contribution in [2.75, 3.05) is 13.1 Å². The lowest BCUT2D eigenvalue weighted by Gasteiger charge is -2.58. The third-order valence-electron chi connectivity index (χ3n) is 15.3. The molecule has 3 saturated carbocycles. The molecular weight excluding hydrogens is 739 g/mol. The zero-order valence-electron chi connectivity index (χ0n) is 40.5. The first-order chi connectivity index (χ1) is 27.2. The fourth-order valence-electron chi connectivity index (χ4n) is 11.9. The van der Waals surface area contributed by atoms with E-state index in [0.717, 1.165) is 54.8 Å². The lowest BCUT2D eigenvalue weighted by molar-refractivity contribution is -0.0535. The van der Waals surface area contributed by atoms with Gasteiger partial charge in [-0.05, 0) is 186 Å². The molecule has 0 aliphatic heterocycles. The molecule has 9 heteroatoms. The highest BCUT2D eigenvalue weighted by Crippen LogP contribution is 2.67. The van der Waals surface area contributed by atoms with Crippen molar-refractivity contribution in [2.45, 2.75) is 229 Å². The summed E-state index contributed by atoms with van der Waals surface area (Å²) in [6.45, 7) is 32.2. The van der Waals surface area contributed by atoms with Crippen molar-refractivity contribution in [1.82, 2.24) is 15.5 Å². The number of nitrogens with one attached hydrogen (secondary N) is 2. The molecule has 0 radical (unpaired) electrons. The number of carbonyl (C=O) groups is 3. The standard InChI is InChI=1S/C50H89N3O6/c1-16-35(34(2)3)19-17-20-36-22-24-40-39-23-21-37-33-38(25-28-50(37,15)41(39)26-29-49(36,40)14)57-44(56)53(32-30-48(12,13)52-43(55)59-46(7,8)9)31-18-27-47(10,11)51-42(54)58-45(4,5)6/h21,34-36,38-41H,16-20,22-33H2,1-15H3,(H,51,54)(H,52,55)/t35-,36?,38?,39?,40?,41?,49?,50?/m1/s1. The summed E-state index contributed by atoms with van der Waals surface area (Å²) >= 11 is 0. The minimum absolute atomic E-state index is 0.151. The van der Waals surface area contributed by atoms with E-state index in [1.807, 2.05) is 69.2 Å². The van der Waals surface area contributed by atoms with Crippen molar-refractivity contribution in [3.05, 3.63) is 11.6 Å². The molecule has 2 N–H and O–H groups in total. The van der Waals surface area contributed by atoms with E-state index in [4.69, 9.17) is 14.2 Å². The number of hydrogen-bond donors (Lipinski definition) is 2. The van der Waals surface area contributed by atoms with Crippen molar-refractivity contribution in [3.8, 4) is 0 Å². The van der Waals surface area contributed by atoms with Gasteiger partial charge < -0.3 is 29.7 Å². The van der Waals surface area contributed by atoms with Crippen LogP contribution in [0.25, 0.3) is 0 Å². The molecular formula is C50H89N3O6. The molecule has 0 saturated heterocycles. The largest absolute Gasteiger partial charge is 0.446 e. The van der Waals surface area contributed by atoms with Crippen LogP contribution in [-0.4, -0.2) is 64.7 Å². The van der Waals surface area contributed by atoms with Crippen LogP contribution in [0.5, 0.6) is 0 Å². The topological polar surface area (TPSA) is 106 Å². The Bertz CT molecular complexity index is 1460. The van der Waals surface area contributed by atoms with Crippen LogP contribution in [0, 0.1) is 46.3 Å². The molecule has 4 rings (SSSR count). The second-order valence-electron chi connectivity index (χ2n) is 23.5. The predicted octanol–water partition coefficient (Wildman–Crippen LogP) is 13.0. The molecule has 8 atom stereocenters. The number of rotatable bonds is 16. The van der Waals surface area contributed by atoms with Crippen LogP contribution in [0.3, 0.4) is 0 Å². The quantitative estimate of drug-likeness (QED) is 0.119. The van der Waals surface area contributed by atoms with Gasteiger partial charge in [-0.3, -0.25) is 0 Å². The normalized spacial score (nSPS) is 29.0. The molecule has 0 bridgehead atoms. The molecule has 340 valence electrons. The van der Waals surface area contributed by atoms with Crippen molar-refractivity contribution < 1.29 is 28.6 Å². The van der Waals surface area contributed by atoms with Gasteiger partial charge in [0.2, 0.25) is 0 Å². The fraction of sp³-hybridized carbons (Fsp3) is 0.900. The maximum Gasteiger partial charge on any atom is 0.410 e. The van der Waals surface area contributed by atoms with Gasteiger partial charge >= 0.3 is 18.3 Å². The summed E-state index contributed by atoms with van der Waals surface area (Å²) in [4.78, 5) is 41.2. The Kier molecular flexibility index (Phi) is 16.1. The van der Waals surface area contributed by atoms with E-state index in [-0.39, 0.29) is 17.6 Å². The summed E-state index contributed by atoms with van der Waals surface area (Å²) in [7, 11) is 0. The van der Waals surface area contributed by atoms with Crippen LogP contribution in [-0.2, 0) is 14.2 Å². The lowest BCUT2D eigenvalue weighted by atomic mass is 9.47. The van der Waals surface area contributed by atoms with Gasteiger partial charge in [-0.2, -0.15) is 0 Å². The maximum atomic E-state index is 14.1. The molecule has 59 heavy (non-hydrogen) atoms. The van der Waals surface area contributed by atoms with Crippen molar-refractivity contribution >= 4 is 18.3 Å². The SMILES string of the molecule is CC[C@H](CCCC1CCC2C3CC=C4CC(OC(=O)N(CCCC(C)(C)NC(=O)OC(C)(C)C)CCC(C)(C)NC(=O)OC(C)(C)C)CCC4(C)C3CCC12C)C(C)C. The zero-order valence-corrected chi connectivity index (χ0v) is 40.5. The zero-order chi connectivity index (χ0) is 44.2. The highest BCUT2D eigenvalue weighted by atomic mass is 16.6. The third-order valence-corrected chi connectivity index (χ3v) is 15.3. The van der Waals surface area contributed by atoms with Crippen molar-refractivity contribution in [2.24, 2.45) is 46.3 Å². The van der Waals surface area contributed by atoms with Gasteiger partial charge in [-0.25, -0.2) is 14.4 Å². The van der Waals surface area contributed by atoms with Gasteiger partial charge in [0, 0.05) is 30.6 Å². The van der Waals surface area contributed by atoms with Crippen LogP contribution in [0.1, 0.15) is 200 Å². The second kappa shape index (κ2) is 19.3. The fourth-order valence-corrected chi connectivity index (χ4v) is 11.9. The Morgan fingerprint density at radius 3 is 1.98 bits per heavy atom. The van der Waals surface area contributed by atoms with Crippen LogP contribution in [0.15, 0.2) is 11.6 Å². The molecule has 4 aliphatic carbocycles. The first-order valence-electron chi connectivity index (χ1n) is 23.8. The number of alkyl carbamates (subject to hydrolysis) is 2. The first-order valence-corrected chi connectivity index (χ1v) is 23.8. The molecule has 0 aromatic rings. The highest BCUT2D eigenvalue weighted by molar-refractivity contribution is 5.69. The van der Waals surface area contributed by atoms with E-state index in [9.17, 15) is 14.4 Å². The molecule has 4 aliphatic rings. The number of allylic oxidation sites excluding steroid dienone is 1. The van der Waals surface area contributed by atoms with Crippen molar-refractivity contribution in [3.63, 3.8) is 0 Å². The average molecular weight is 828 g/mol. The molecule has 0 aromatic heterocycles. The number of hydrogen-bond acceptors (Lipinski definition) is 6. The van der Waals surface area contributed by atoms with E-state index in [1.54, 1.807) is 4.90 Å². The van der Waals surface area contributed by atoms with Crippen molar-refractivity contribution in [1.29, 1.82) is 0 Å². The Morgan fingerprint density at radius 1 is 0.797 bits per heavy atom. The molecule has 3 fully saturated rings. The summed E-state index contributed by atoms with van der Waals surface area (Å²) < 4.78 is 17.5. The third kappa shape index (κ3) is 13.5. The second-order valence-corrected chi connectivity index (χ2v) is 23.5. The highest BCUT2D eigenvalue weighted by Gasteiger charge is 2.58. The van der Waals surface area contributed by atoms with Gasteiger partial charge in [0.1, 0.15) is 17.3 Å². The van der Waals surface area contributed by atoms with Gasteiger partial charge in [-0.1, -0.05) is 65.5 Å². The molecule has 7 unspecified atom stereocenters. The molecule has 0 aromatic carbocycles. The Morgan fingerprint density at radius 2 is 1.41 bits per heavy atom.